The zero-order valence-electron chi connectivity index (χ0n) is 11.4. The van der Waals surface area contributed by atoms with E-state index >= 15 is 0 Å². The number of furan rings is 1. The average molecular weight is 267 g/mol. The van der Waals surface area contributed by atoms with Gasteiger partial charge in [-0.3, -0.25) is 5.10 Å². The van der Waals surface area contributed by atoms with Crippen LogP contribution in [0.1, 0.15) is 16.9 Å². The summed E-state index contributed by atoms with van der Waals surface area (Å²) < 4.78 is 5.30. The molecule has 0 fully saturated rings. The van der Waals surface area contributed by atoms with Gasteiger partial charge in [-0.15, -0.1) is 0 Å². The summed E-state index contributed by atoms with van der Waals surface area (Å²) in [7, 11) is 0. The smallest absolute Gasteiger partial charge is 0.117 e. The van der Waals surface area contributed by atoms with E-state index in [1.807, 2.05) is 18.3 Å². The Morgan fingerprint density at radius 1 is 1.15 bits per heavy atom. The number of nitrogens with zero attached hydrogens (tertiary/aromatic N) is 1. The molecule has 0 spiro atoms. The van der Waals surface area contributed by atoms with E-state index in [9.17, 15) is 0 Å². The molecule has 0 radical (unpaired) electrons. The number of hydrogen-bond donors (Lipinski definition) is 2. The molecule has 0 saturated carbocycles. The van der Waals surface area contributed by atoms with Crippen LogP contribution in [0.3, 0.4) is 0 Å². The van der Waals surface area contributed by atoms with Crippen LogP contribution in [0.4, 0.5) is 0 Å². The number of hydrogen-bond acceptors (Lipinski definition) is 3. The molecule has 3 aromatic rings. The van der Waals surface area contributed by atoms with Crippen LogP contribution >= 0.6 is 0 Å². The molecule has 0 saturated heterocycles. The van der Waals surface area contributed by atoms with Crippen LogP contribution in [0.15, 0.2) is 53.3 Å². The summed E-state index contributed by atoms with van der Waals surface area (Å²) in [6.07, 6.45) is 3.55. The Labute approximate surface area is 117 Å². The average Bonchev–Trinajstić information content (AvgIpc) is 3.11. The fraction of sp³-hybridized carbons (Fsp3) is 0.188. The molecular weight excluding hydrogens is 250 g/mol. The topological polar surface area (TPSA) is 53.9 Å². The summed E-state index contributed by atoms with van der Waals surface area (Å²) in [4.78, 5) is 0. The highest BCUT2D eigenvalue weighted by Crippen LogP contribution is 2.21. The maximum atomic E-state index is 5.30. The Kier molecular flexibility index (Phi) is 3.65. The quantitative estimate of drug-likeness (QED) is 0.746. The first kappa shape index (κ1) is 12.7. The van der Waals surface area contributed by atoms with Gasteiger partial charge in [-0.2, -0.15) is 5.10 Å². The van der Waals surface area contributed by atoms with E-state index in [1.165, 1.54) is 5.56 Å². The SMILES string of the molecule is Cc1ccc(-c2[nH]ncc2CNCc2ccco2)cc1. The molecule has 0 amide bonds. The van der Waals surface area contributed by atoms with Crippen LogP contribution in [0.5, 0.6) is 0 Å². The van der Waals surface area contributed by atoms with E-state index in [1.54, 1.807) is 6.26 Å². The molecule has 2 heterocycles. The summed E-state index contributed by atoms with van der Waals surface area (Å²) in [5.41, 5.74) is 4.63. The van der Waals surface area contributed by atoms with Crippen molar-refractivity contribution in [1.29, 1.82) is 0 Å². The van der Waals surface area contributed by atoms with Crippen molar-refractivity contribution in [1.82, 2.24) is 15.5 Å². The maximum absolute atomic E-state index is 5.30. The molecule has 4 heteroatoms. The molecule has 2 aromatic heterocycles. The lowest BCUT2D eigenvalue weighted by atomic mass is 10.1. The Morgan fingerprint density at radius 3 is 2.75 bits per heavy atom. The highest BCUT2D eigenvalue weighted by Gasteiger charge is 2.07. The van der Waals surface area contributed by atoms with Gasteiger partial charge in [-0.25, -0.2) is 0 Å². The van der Waals surface area contributed by atoms with Crippen LogP contribution in [0, 0.1) is 6.92 Å². The number of H-pyrrole nitrogens is 1. The molecule has 0 atom stereocenters. The van der Waals surface area contributed by atoms with Gasteiger partial charge in [-0.1, -0.05) is 29.8 Å². The van der Waals surface area contributed by atoms with Crippen molar-refractivity contribution >= 4 is 0 Å². The molecule has 0 aliphatic rings. The van der Waals surface area contributed by atoms with Gasteiger partial charge in [0, 0.05) is 12.1 Å². The maximum Gasteiger partial charge on any atom is 0.117 e. The Hall–Kier alpha value is -2.33. The molecule has 0 aliphatic carbocycles. The van der Waals surface area contributed by atoms with Gasteiger partial charge in [0.1, 0.15) is 5.76 Å². The number of nitrogens with one attached hydrogen (secondary N) is 2. The minimum Gasteiger partial charge on any atom is -0.468 e. The first-order valence-electron chi connectivity index (χ1n) is 6.65. The number of aryl methyl sites for hydroxylation is 1. The third-order valence-electron chi connectivity index (χ3n) is 3.25. The second-order valence-corrected chi connectivity index (χ2v) is 4.82. The van der Waals surface area contributed by atoms with E-state index in [-0.39, 0.29) is 0 Å². The highest BCUT2D eigenvalue weighted by molar-refractivity contribution is 5.62. The second kappa shape index (κ2) is 5.75. The Bertz CT molecular complexity index is 653. The van der Waals surface area contributed by atoms with Crippen LogP contribution in [-0.4, -0.2) is 10.2 Å². The van der Waals surface area contributed by atoms with Crippen LogP contribution < -0.4 is 5.32 Å². The predicted octanol–water partition coefficient (Wildman–Crippen LogP) is 3.27. The van der Waals surface area contributed by atoms with Crippen molar-refractivity contribution in [2.75, 3.05) is 0 Å². The number of benzene rings is 1. The standard InChI is InChI=1S/C16H17N3O/c1-12-4-6-13(7-5-12)16-14(10-18-19-16)9-17-11-15-3-2-8-20-15/h2-8,10,17H,9,11H2,1H3,(H,18,19). The predicted molar refractivity (Wildman–Crippen MR) is 78.0 cm³/mol. The van der Waals surface area contributed by atoms with Crippen LogP contribution in [-0.2, 0) is 13.1 Å². The first-order chi connectivity index (χ1) is 9.83. The lowest BCUT2D eigenvalue weighted by molar-refractivity contribution is 0.483. The van der Waals surface area contributed by atoms with Crippen LogP contribution in [0.2, 0.25) is 0 Å². The lowest BCUT2D eigenvalue weighted by Gasteiger charge is -2.05. The summed E-state index contributed by atoms with van der Waals surface area (Å²) in [5.74, 6) is 0.936. The van der Waals surface area contributed by atoms with Gasteiger partial charge in [0.15, 0.2) is 0 Å². The molecule has 102 valence electrons. The largest absolute Gasteiger partial charge is 0.468 e. The van der Waals surface area contributed by atoms with Crippen LogP contribution in [0.25, 0.3) is 11.3 Å². The van der Waals surface area contributed by atoms with Gasteiger partial charge >= 0.3 is 0 Å². The zero-order chi connectivity index (χ0) is 13.8. The Balaban J connectivity index is 1.68. The van der Waals surface area contributed by atoms with Gasteiger partial charge < -0.3 is 9.73 Å². The molecule has 0 aliphatic heterocycles. The van der Waals surface area contributed by atoms with Gasteiger partial charge in [0.05, 0.1) is 24.7 Å². The molecule has 4 nitrogen and oxygen atoms in total. The Morgan fingerprint density at radius 2 is 2.00 bits per heavy atom. The molecule has 2 N–H and O–H groups in total. The van der Waals surface area contributed by atoms with E-state index in [2.05, 4.69) is 46.7 Å². The third kappa shape index (κ3) is 2.81. The summed E-state index contributed by atoms with van der Waals surface area (Å²) >= 11 is 0. The lowest BCUT2D eigenvalue weighted by Crippen LogP contribution is -2.12. The van der Waals surface area contributed by atoms with E-state index < -0.39 is 0 Å². The van der Waals surface area contributed by atoms with Crippen molar-refractivity contribution in [3.63, 3.8) is 0 Å². The second-order valence-electron chi connectivity index (χ2n) is 4.82. The number of rotatable bonds is 5. The molecule has 1 aromatic carbocycles. The normalized spacial score (nSPS) is 10.8. The van der Waals surface area contributed by atoms with Crippen molar-refractivity contribution in [2.24, 2.45) is 0 Å². The minimum atomic E-state index is 0.714. The molecule has 0 bridgehead atoms. The number of aromatic nitrogens is 2. The van der Waals surface area contributed by atoms with Crippen molar-refractivity contribution in [3.05, 3.63) is 65.7 Å². The third-order valence-corrected chi connectivity index (χ3v) is 3.25. The molecule has 3 rings (SSSR count). The molecule has 20 heavy (non-hydrogen) atoms. The van der Waals surface area contributed by atoms with Crippen molar-refractivity contribution < 1.29 is 4.42 Å². The van der Waals surface area contributed by atoms with Gasteiger partial charge in [0.25, 0.3) is 0 Å². The van der Waals surface area contributed by atoms with E-state index in [0.717, 1.165) is 29.1 Å². The number of aromatic amines is 1. The summed E-state index contributed by atoms with van der Waals surface area (Å²) in [5, 5.41) is 10.6. The summed E-state index contributed by atoms with van der Waals surface area (Å²) in [6.45, 7) is 3.55. The van der Waals surface area contributed by atoms with Gasteiger partial charge in [-0.05, 0) is 24.6 Å². The minimum absolute atomic E-state index is 0.714. The van der Waals surface area contributed by atoms with E-state index in [4.69, 9.17) is 4.42 Å². The first-order valence-corrected chi connectivity index (χ1v) is 6.65. The summed E-state index contributed by atoms with van der Waals surface area (Å²) in [6, 6.07) is 12.3. The van der Waals surface area contributed by atoms with Crippen molar-refractivity contribution in [2.45, 2.75) is 20.0 Å². The van der Waals surface area contributed by atoms with Gasteiger partial charge in [0.2, 0.25) is 0 Å². The van der Waals surface area contributed by atoms with E-state index in [0.29, 0.717) is 6.54 Å². The van der Waals surface area contributed by atoms with Crippen molar-refractivity contribution in [3.8, 4) is 11.3 Å². The fourth-order valence-electron chi connectivity index (χ4n) is 2.15. The molecular formula is C16H17N3O. The zero-order valence-corrected chi connectivity index (χ0v) is 11.4. The monoisotopic (exact) mass is 267 g/mol. The highest BCUT2D eigenvalue weighted by atomic mass is 16.3. The molecule has 0 unspecified atom stereocenters. The fourth-order valence-corrected chi connectivity index (χ4v) is 2.15.